The molecule has 1 heterocycles. The molecule has 19 heavy (non-hydrogen) atoms. The van der Waals surface area contributed by atoms with E-state index in [9.17, 15) is 5.11 Å². The van der Waals surface area contributed by atoms with Crippen molar-refractivity contribution in [2.24, 2.45) is 10.9 Å². The summed E-state index contributed by atoms with van der Waals surface area (Å²) >= 11 is 6.11. The third kappa shape index (κ3) is 5.89. The van der Waals surface area contributed by atoms with Crippen LogP contribution in [-0.4, -0.2) is 22.4 Å². The minimum absolute atomic E-state index is 0.501. The van der Waals surface area contributed by atoms with Gasteiger partial charge >= 0.3 is 0 Å². The number of aromatic nitrogens is 1. The normalized spacial score (nSPS) is 15.1. The summed E-state index contributed by atoms with van der Waals surface area (Å²) in [4.78, 5) is 9.49. The van der Waals surface area contributed by atoms with Gasteiger partial charge in [0.05, 0.1) is 16.8 Å². The number of nitrogens with zero attached hydrogens (tertiary/aromatic N) is 2. The van der Waals surface area contributed by atoms with Crippen molar-refractivity contribution < 1.29 is 5.11 Å². The van der Waals surface area contributed by atoms with Crippen LogP contribution in [0.4, 0.5) is 0 Å². The average molecular weight is 298 g/mol. The number of thiol groups is 1. The highest BCUT2D eigenvalue weighted by atomic mass is 32.1. The summed E-state index contributed by atoms with van der Waals surface area (Å²) in [6.45, 7) is 6.20. The van der Waals surface area contributed by atoms with Crippen LogP contribution in [0.3, 0.4) is 0 Å². The number of allylic oxidation sites excluding steroid dienone is 1. The predicted octanol–water partition coefficient (Wildman–Crippen LogP) is 3.71. The van der Waals surface area contributed by atoms with Crippen molar-refractivity contribution in [3.8, 4) is 0 Å². The molecular weight excluding hydrogens is 276 g/mol. The van der Waals surface area contributed by atoms with Gasteiger partial charge in [-0.2, -0.15) is 0 Å². The highest BCUT2D eigenvalue weighted by Gasteiger charge is 2.12. The molecule has 1 unspecified atom stereocenters. The van der Waals surface area contributed by atoms with Crippen LogP contribution in [-0.2, 0) is 6.42 Å². The lowest BCUT2D eigenvalue weighted by molar-refractivity contribution is 0.204. The molecule has 1 rings (SSSR count). The molecular formula is C14H22N2OS2. The highest BCUT2D eigenvalue weighted by Crippen LogP contribution is 2.23. The first kappa shape index (κ1) is 16.4. The SMILES string of the molecule is CCC(O)/C(N=CCc1nccs1)=C(/S)CC(C)C. The summed E-state index contributed by atoms with van der Waals surface area (Å²) in [5.41, 5.74) is 0.691. The topological polar surface area (TPSA) is 45.5 Å². The van der Waals surface area contributed by atoms with Gasteiger partial charge in [0, 0.05) is 29.1 Å². The van der Waals surface area contributed by atoms with Crippen LogP contribution in [0.15, 0.2) is 27.2 Å². The van der Waals surface area contributed by atoms with Gasteiger partial charge in [-0.05, 0) is 18.8 Å². The van der Waals surface area contributed by atoms with Gasteiger partial charge in [-0.25, -0.2) is 4.98 Å². The average Bonchev–Trinajstić information content (AvgIpc) is 2.85. The predicted molar refractivity (Wildman–Crippen MR) is 86.1 cm³/mol. The number of thiazole rings is 1. The molecule has 0 aliphatic heterocycles. The Hall–Kier alpha value is -0.650. The molecule has 0 amide bonds. The first-order valence-electron chi connectivity index (χ1n) is 6.55. The van der Waals surface area contributed by atoms with E-state index in [1.165, 1.54) is 0 Å². The Morgan fingerprint density at radius 2 is 2.32 bits per heavy atom. The molecule has 1 aromatic heterocycles. The molecule has 106 valence electrons. The van der Waals surface area contributed by atoms with Gasteiger partial charge in [-0.3, -0.25) is 4.99 Å². The van der Waals surface area contributed by atoms with Crippen LogP contribution >= 0.6 is 24.0 Å². The van der Waals surface area contributed by atoms with E-state index < -0.39 is 6.10 Å². The van der Waals surface area contributed by atoms with E-state index in [1.807, 2.05) is 18.5 Å². The van der Waals surface area contributed by atoms with Crippen molar-refractivity contribution >= 4 is 30.2 Å². The van der Waals surface area contributed by atoms with E-state index in [2.05, 4.69) is 36.5 Å². The quantitative estimate of drug-likeness (QED) is 0.595. The molecule has 0 aliphatic carbocycles. The summed E-state index contributed by atoms with van der Waals surface area (Å²) in [7, 11) is 0. The second kappa shape index (κ2) is 8.51. The fraction of sp³-hybridized carbons (Fsp3) is 0.571. The van der Waals surface area contributed by atoms with Crippen molar-refractivity contribution in [2.75, 3.05) is 0 Å². The fourth-order valence-corrected chi connectivity index (χ4v) is 2.76. The van der Waals surface area contributed by atoms with Gasteiger partial charge in [0.1, 0.15) is 0 Å². The minimum Gasteiger partial charge on any atom is -0.387 e. The molecule has 3 nitrogen and oxygen atoms in total. The zero-order chi connectivity index (χ0) is 14.3. The van der Waals surface area contributed by atoms with Gasteiger partial charge in [-0.1, -0.05) is 20.8 Å². The summed E-state index contributed by atoms with van der Waals surface area (Å²) in [5.74, 6) is 0.501. The Morgan fingerprint density at radius 3 is 2.84 bits per heavy atom. The van der Waals surface area contributed by atoms with E-state index in [1.54, 1.807) is 17.5 Å². The Morgan fingerprint density at radius 1 is 1.58 bits per heavy atom. The second-order valence-corrected chi connectivity index (χ2v) is 6.31. The van der Waals surface area contributed by atoms with Gasteiger partial charge in [0.25, 0.3) is 0 Å². The lowest BCUT2D eigenvalue weighted by Crippen LogP contribution is -2.10. The molecule has 1 atom stereocenters. The first-order valence-corrected chi connectivity index (χ1v) is 7.88. The number of hydrogen-bond acceptors (Lipinski definition) is 5. The lowest BCUT2D eigenvalue weighted by Gasteiger charge is -2.13. The lowest BCUT2D eigenvalue weighted by atomic mass is 10.1. The van der Waals surface area contributed by atoms with Crippen LogP contribution in [0.2, 0.25) is 0 Å². The van der Waals surface area contributed by atoms with E-state index >= 15 is 0 Å². The molecule has 0 spiro atoms. The standard InChI is InChI=1S/C14H22N2OS2/c1-4-11(17)14(12(18)9-10(2)3)16-6-5-13-15-7-8-19-13/h6-8,10-11,17-18H,4-5,9H2,1-3H3/b14-12-,16-6?. The van der Waals surface area contributed by atoms with E-state index in [4.69, 9.17) is 0 Å². The van der Waals surface area contributed by atoms with Gasteiger partial charge < -0.3 is 5.11 Å². The number of rotatable bonds is 7. The molecule has 0 saturated carbocycles. The molecule has 1 N–H and O–H groups in total. The summed E-state index contributed by atoms with van der Waals surface area (Å²) in [5, 5.41) is 13.0. The molecule has 1 aromatic rings. The minimum atomic E-state index is -0.543. The molecule has 0 bridgehead atoms. The fourth-order valence-electron chi connectivity index (χ4n) is 1.61. The van der Waals surface area contributed by atoms with Crippen molar-refractivity contribution in [3.63, 3.8) is 0 Å². The summed E-state index contributed by atoms with van der Waals surface area (Å²) < 4.78 is 0. The Balaban J connectivity index is 2.77. The third-order valence-electron chi connectivity index (χ3n) is 2.58. The second-order valence-electron chi connectivity index (χ2n) is 4.80. The molecule has 0 radical (unpaired) electrons. The smallest absolute Gasteiger partial charge is 0.0978 e. The molecule has 0 aliphatic rings. The van der Waals surface area contributed by atoms with Crippen LogP contribution in [0.5, 0.6) is 0 Å². The van der Waals surface area contributed by atoms with Crippen LogP contribution in [0.25, 0.3) is 0 Å². The van der Waals surface area contributed by atoms with E-state index in [0.717, 1.165) is 16.3 Å². The molecule has 0 aromatic carbocycles. The molecule has 5 heteroatoms. The molecule has 0 fully saturated rings. The van der Waals surface area contributed by atoms with Crippen molar-refractivity contribution in [1.82, 2.24) is 4.98 Å². The number of aliphatic hydroxyl groups excluding tert-OH is 1. The number of aliphatic hydroxyl groups is 1. The maximum absolute atomic E-state index is 10.0. The van der Waals surface area contributed by atoms with E-state index in [-0.39, 0.29) is 0 Å². The zero-order valence-corrected chi connectivity index (χ0v) is 13.4. The summed E-state index contributed by atoms with van der Waals surface area (Å²) in [6, 6.07) is 0. The van der Waals surface area contributed by atoms with Crippen LogP contribution in [0.1, 0.15) is 38.6 Å². The van der Waals surface area contributed by atoms with Crippen molar-refractivity contribution in [1.29, 1.82) is 0 Å². The number of aliphatic imine (C=N–C) groups is 1. The van der Waals surface area contributed by atoms with Crippen molar-refractivity contribution in [3.05, 3.63) is 27.2 Å². The zero-order valence-electron chi connectivity index (χ0n) is 11.7. The Labute approximate surface area is 124 Å². The van der Waals surface area contributed by atoms with Crippen LogP contribution < -0.4 is 0 Å². The maximum atomic E-state index is 10.0. The maximum Gasteiger partial charge on any atom is 0.0978 e. The van der Waals surface area contributed by atoms with E-state index in [0.29, 0.717) is 24.5 Å². The van der Waals surface area contributed by atoms with Crippen molar-refractivity contribution in [2.45, 2.75) is 46.1 Å². The van der Waals surface area contributed by atoms with Gasteiger partial charge in [-0.15, -0.1) is 24.0 Å². The monoisotopic (exact) mass is 298 g/mol. The summed E-state index contributed by atoms with van der Waals surface area (Å²) in [6.07, 6.45) is 5.23. The number of hydrogen-bond donors (Lipinski definition) is 2. The van der Waals surface area contributed by atoms with Gasteiger partial charge in [0.2, 0.25) is 0 Å². The van der Waals surface area contributed by atoms with Crippen LogP contribution in [0, 0.1) is 5.92 Å². The molecule has 0 saturated heterocycles. The Kier molecular flexibility index (Phi) is 7.34. The first-order chi connectivity index (χ1) is 9.04. The third-order valence-corrected chi connectivity index (χ3v) is 3.79. The Bertz CT molecular complexity index is 425. The largest absolute Gasteiger partial charge is 0.387 e. The highest BCUT2D eigenvalue weighted by molar-refractivity contribution is 7.84. The van der Waals surface area contributed by atoms with Gasteiger partial charge in [0.15, 0.2) is 0 Å².